The summed E-state index contributed by atoms with van der Waals surface area (Å²) in [5.74, 6) is 1.62. The molecular formula is C25H23NO2. The highest BCUT2D eigenvalue weighted by molar-refractivity contribution is 5.83. The normalized spacial score (nSPS) is 11.9. The first kappa shape index (κ1) is 18.1. The molecule has 0 aromatic heterocycles. The van der Waals surface area contributed by atoms with Gasteiger partial charge in [-0.2, -0.15) is 0 Å². The number of ether oxygens (including phenoxy) is 1. The van der Waals surface area contributed by atoms with Gasteiger partial charge in [-0.3, -0.25) is 0 Å². The average molecular weight is 369 g/mol. The van der Waals surface area contributed by atoms with E-state index in [-0.39, 0.29) is 0 Å². The van der Waals surface area contributed by atoms with Crippen molar-refractivity contribution in [2.75, 3.05) is 11.9 Å². The van der Waals surface area contributed by atoms with E-state index >= 15 is 0 Å². The van der Waals surface area contributed by atoms with E-state index in [1.54, 1.807) is 0 Å². The van der Waals surface area contributed by atoms with Crippen LogP contribution in [-0.4, -0.2) is 11.7 Å². The Morgan fingerprint density at radius 2 is 1.39 bits per heavy atom. The highest BCUT2D eigenvalue weighted by Gasteiger charge is 2.08. The van der Waals surface area contributed by atoms with Gasteiger partial charge in [-0.05, 0) is 65.2 Å². The van der Waals surface area contributed by atoms with Crippen molar-refractivity contribution >= 4 is 16.5 Å². The molecule has 0 bridgehead atoms. The third-order valence-electron chi connectivity index (χ3n) is 4.74. The minimum atomic E-state index is -0.488. The van der Waals surface area contributed by atoms with E-state index in [4.69, 9.17) is 4.74 Å². The van der Waals surface area contributed by atoms with Crippen LogP contribution in [0.15, 0.2) is 97.1 Å². The van der Waals surface area contributed by atoms with E-state index in [2.05, 4.69) is 29.6 Å². The fourth-order valence-electron chi connectivity index (χ4n) is 3.20. The predicted molar refractivity (Wildman–Crippen MR) is 115 cm³/mol. The highest BCUT2D eigenvalue weighted by Crippen LogP contribution is 2.24. The zero-order valence-corrected chi connectivity index (χ0v) is 15.6. The van der Waals surface area contributed by atoms with Gasteiger partial charge in [0.2, 0.25) is 0 Å². The van der Waals surface area contributed by atoms with Gasteiger partial charge in [-0.1, -0.05) is 54.6 Å². The van der Waals surface area contributed by atoms with Crippen LogP contribution in [0.25, 0.3) is 10.8 Å². The summed E-state index contributed by atoms with van der Waals surface area (Å²) in [6.07, 6.45) is 0.151. The van der Waals surface area contributed by atoms with Crippen molar-refractivity contribution in [3.05, 3.63) is 103 Å². The molecular weight excluding hydrogens is 346 g/mol. The molecule has 4 aromatic rings. The van der Waals surface area contributed by atoms with Crippen molar-refractivity contribution in [2.24, 2.45) is 0 Å². The van der Waals surface area contributed by atoms with Crippen LogP contribution in [0.5, 0.6) is 11.5 Å². The smallest absolute Gasteiger partial charge is 0.127 e. The first-order valence-electron chi connectivity index (χ1n) is 9.51. The molecule has 28 heavy (non-hydrogen) atoms. The molecule has 0 heterocycles. The van der Waals surface area contributed by atoms with E-state index in [1.807, 2.05) is 72.8 Å². The number of anilines is 1. The molecule has 4 aromatic carbocycles. The molecule has 0 aliphatic rings. The van der Waals surface area contributed by atoms with E-state index in [0.717, 1.165) is 28.1 Å². The summed E-state index contributed by atoms with van der Waals surface area (Å²) < 4.78 is 5.80. The zero-order valence-electron chi connectivity index (χ0n) is 15.6. The molecule has 3 nitrogen and oxygen atoms in total. The minimum absolute atomic E-state index is 0.488. The molecule has 0 spiro atoms. The Morgan fingerprint density at radius 1 is 0.714 bits per heavy atom. The van der Waals surface area contributed by atoms with E-state index in [1.165, 1.54) is 5.39 Å². The van der Waals surface area contributed by atoms with Crippen molar-refractivity contribution in [1.82, 2.24) is 0 Å². The van der Waals surface area contributed by atoms with Crippen LogP contribution in [0, 0.1) is 0 Å². The highest BCUT2D eigenvalue weighted by atomic mass is 16.5. The monoisotopic (exact) mass is 369 g/mol. The van der Waals surface area contributed by atoms with Gasteiger partial charge in [0.1, 0.15) is 11.5 Å². The topological polar surface area (TPSA) is 41.5 Å². The molecule has 0 radical (unpaired) electrons. The SMILES string of the molecule is OC(CCNc1ccc(Oc2ccccc2)cc1)c1ccc2ccccc2c1. The lowest BCUT2D eigenvalue weighted by Crippen LogP contribution is -2.07. The van der Waals surface area contributed by atoms with Crippen molar-refractivity contribution < 1.29 is 9.84 Å². The van der Waals surface area contributed by atoms with Gasteiger partial charge in [0, 0.05) is 12.2 Å². The van der Waals surface area contributed by atoms with Gasteiger partial charge in [0.05, 0.1) is 6.10 Å². The van der Waals surface area contributed by atoms with E-state index in [0.29, 0.717) is 13.0 Å². The second-order valence-corrected chi connectivity index (χ2v) is 6.78. The maximum atomic E-state index is 10.5. The molecule has 4 rings (SSSR count). The molecule has 0 amide bonds. The standard InChI is InChI=1S/C25H23NO2/c27-25(21-11-10-19-6-4-5-7-20(19)18-21)16-17-26-22-12-14-24(15-13-22)28-23-8-2-1-3-9-23/h1-15,18,25-27H,16-17H2. The Morgan fingerprint density at radius 3 is 2.18 bits per heavy atom. The number of aliphatic hydroxyl groups is 1. The lowest BCUT2D eigenvalue weighted by Gasteiger charge is -2.13. The number of rotatable bonds is 7. The number of hydrogen-bond donors (Lipinski definition) is 2. The summed E-state index contributed by atoms with van der Waals surface area (Å²) in [5.41, 5.74) is 1.96. The zero-order chi connectivity index (χ0) is 19.2. The molecule has 140 valence electrons. The molecule has 0 fully saturated rings. The average Bonchev–Trinajstić information content (AvgIpc) is 2.75. The largest absolute Gasteiger partial charge is 0.457 e. The molecule has 0 aliphatic heterocycles. The Bertz CT molecular complexity index is 1030. The quantitative estimate of drug-likeness (QED) is 0.409. The Balaban J connectivity index is 1.30. The van der Waals surface area contributed by atoms with Crippen LogP contribution in [0.2, 0.25) is 0 Å². The van der Waals surface area contributed by atoms with Crippen LogP contribution >= 0.6 is 0 Å². The number of fused-ring (bicyclic) bond motifs is 1. The molecule has 3 heteroatoms. The number of aliphatic hydroxyl groups excluding tert-OH is 1. The fourth-order valence-corrected chi connectivity index (χ4v) is 3.20. The van der Waals surface area contributed by atoms with Crippen molar-refractivity contribution in [3.63, 3.8) is 0 Å². The van der Waals surface area contributed by atoms with Crippen LogP contribution in [0.1, 0.15) is 18.1 Å². The van der Waals surface area contributed by atoms with Crippen LogP contribution in [0.3, 0.4) is 0 Å². The maximum Gasteiger partial charge on any atom is 0.127 e. The lowest BCUT2D eigenvalue weighted by molar-refractivity contribution is 0.172. The molecule has 0 aliphatic carbocycles. The number of hydrogen-bond acceptors (Lipinski definition) is 3. The number of nitrogens with one attached hydrogen (secondary N) is 1. The summed E-state index contributed by atoms with van der Waals surface area (Å²) in [4.78, 5) is 0. The predicted octanol–water partition coefficient (Wildman–Crippen LogP) is 6.17. The third-order valence-corrected chi connectivity index (χ3v) is 4.74. The first-order chi connectivity index (χ1) is 13.8. The van der Waals surface area contributed by atoms with Gasteiger partial charge in [0.15, 0.2) is 0 Å². The molecule has 1 atom stereocenters. The Labute approximate surface area is 165 Å². The van der Waals surface area contributed by atoms with Crippen LogP contribution in [0.4, 0.5) is 5.69 Å². The number of para-hydroxylation sites is 1. The molecule has 0 saturated carbocycles. The van der Waals surface area contributed by atoms with Crippen molar-refractivity contribution in [1.29, 1.82) is 0 Å². The van der Waals surface area contributed by atoms with Gasteiger partial charge in [-0.25, -0.2) is 0 Å². The van der Waals surface area contributed by atoms with Gasteiger partial charge in [0.25, 0.3) is 0 Å². The minimum Gasteiger partial charge on any atom is -0.457 e. The second kappa shape index (κ2) is 8.59. The second-order valence-electron chi connectivity index (χ2n) is 6.78. The van der Waals surface area contributed by atoms with Gasteiger partial charge < -0.3 is 15.2 Å². The Kier molecular flexibility index (Phi) is 5.55. The van der Waals surface area contributed by atoms with Crippen molar-refractivity contribution in [2.45, 2.75) is 12.5 Å². The van der Waals surface area contributed by atoms with E-state index in [9.17, 15) is 5.11 Å². The van der Waals surface area contributed by atoms with Crippen LogP contribution in [-0.2, 0) is 0 Å². The van der Waals surface area contributed by atoms with Crippen molar-refractivity contribution in [3.8, 4) is 11.5 Å². The lowest BCUT2D eigenvalue weighted by atomic mass is 10.0. The summed E-state index contributed by atoms with van der Waals surface area (Å²) in [7, 11) is 0. The third kappa shape index (κ3) is 4.51. The molecule has 0 saturated heterocycles. The summed E-state index contributed by atoms with van der Waals surface area (Å²) in [6.45, 7) is 0.687. The summed E-state index contributed by atoms with van der Waals surface area (Å²) in [5, 5.41) is 16.2. The number of benzene rings is 4. The molecule has 1 unspecified atom stereocenters. The summed E-state index contributed by atoms with van der Waals surface area (Å²) >= 11 is 0. The Hall–Kier alpha value is -3.30. The van der Waals surface area contributed by atoms with E-state index < -0.39 is 6.10 Å². The first-order valence-corrected chi connectivity index (χ1v) is 9.51. The molecule has 2 N–H and O–H groups in total. The van der Waals surface area contributed by atoms with Gasteiger partial charge in [-0.15, -0.1) is 0 Å². The van der Waals surface area contributed by atoms with Gasteiger partial charge >= 0.3 is 0 Å². The fraction of sp³-hybridized carbons (Fsp3) is 0.120. The summed E-state index contributed by atoms with van der Waals surface area (Å²) in [6, 6.07) is 31.9. The maximum absolute atomic E-state index is 10.5. The van der Waals surface area contributed by atoms with Crippen LogP contribution < -0.4 is 10.1 Å².